The van der Waals surface area contributed by atoms with Crippen molar-refractivity contribution in [3.8, 4) is 17.2 Å². The number of hydrogen-bond donors (Lipinski definition) is 1. The minimum atomic E-state index is -2.88. The summed E-state index contributed by atoms with van der Waals surface area (Å²) in [5.41, 5.74) is 3.02. The van der Waals surface area contributed by atoms with Gasteiger partial charge in [0, 0.05) is 25.5 Å². The van der Waals surface area contributed by atoms with Gasteiger partial charge in [-0.15, -0.1) is 0 Å². The van der Waals surface area contributed by atoms with Crippen LogP contribution in [-0.2, 0) is 13.1 Å². The fourth-order valence-corrected chi connectivity index (χ4v) is 2.76. The van der Waals surface area contributed by atoms with Crippen LogP contribution in [0.4, 0.5) is 8.78 Å². The van der Waals surface area contributed by atoms with E-state index in [0.717, 1.165) is 16.8 Å². The molecular formula is C20H21F2N3O2. The Hall–Kier alpha value is -2.93. The van der Waals surface area contributed by atoms with E-state index in [-0.39, 0.29) is 5.75 Å². The number of halogens is 2. The Morgan fingerprint density at radius 3 is 2.67 bits per heavy atom. The van der Waals surface area contributed by atoms with Crippen molar-refractivity contribution in [3.63, 3.8) is 0 Å². The average molecular weight is 373 g/mol. The number of nitrogens with one attached hydrogen (secondary N) is 1. The lowest BCUT2D eigenvalue weighted by Gasteiger charge is -2.14. The van der Waals surface area contributed by atoms with Gasteiger partial charge < -0.3 is 14.8 Å². The van der Waals surface area contributed by atoms with E-state index in [2.05, 4.69) is 15.2 Å². The largest absolute Gasteiger partial charge is 0.490 e. The smallest absolute Gasteiger partial charge is 0.387 e. The van der Waals surface area contributed by atoms with E-state index in [1.807, 2.05) is 41.2 Å². The lowest BCUT2D eigenvalue weighted by Crippen LogP contribution is -2.15. The van der Waals surface area contributed by atoms with Crippen LogP contribution in [0.5, 0.6) is 11.5 Å². The van der Waals surface area contributed by atoms with Gasteiger partial charge in [-0.05, 0) is 42.3 Å². The molecule has 0 aliphatic rings. The Morgan fingerprint density at radius 2 is 1.93 bits per heavy atom. The van der Waals surface area contributed by atoms with E-state index in [0.29, 0.717) is 25.4 Å². The third-order valence-corrected chi connectivity index (χ3v) is 3.91. The Balaban J connectivity index is 1.67. The second kappa shape index (κ2) is 9.14. The van der Waals surface area contributed by atoms with Crippen LogP contribution in [-0.4, -0.2) is 23.0 Å². The molecule has 0 fully saturated rings. The number of benzene rings is 2. The third kappa shape index (κ3) is 5.04. The van der Waals surface area contributed by atoms with Crippen LogP contribution in [0.15, 0.2) is 60.9 Å². The van der Waals surface area contributed by atoms with Gasteiger partial charge in [-0.1, -0.05) is 24.3 Å². The molecule has 0 saturated heterocycles. The predicted octanol–water partition coefficient (Wildman–Crippen LogP) is 4.16. The molecule has 0 amide bonds. The van der Waals surface area contributed by atoms with Crippen LogP contribution in [0.1, 0.15) is 18.1 Å². The molecule has 0 unspecified atom stereocenters. The minimum absolute atomic E-state index is 0.0413. The number of alkyl halides is 2. The Bertz CT molecular complexity index is 854. The van der Waals surface area contributed by atoms with E-state index in [1.165, 1.54) is 6.07 Å². The molecule has 27 heavy (non-hydrogen) atoms. The highest BCUT2D eigenvalue weighted by Crippen LogP contribution is 2.30. The van der Waals surface area contributed by atoms with Gasteiger partial charge in [0.2, 0.25) is 0 Å². The van der Waals surface area contributed by atoms with Crippen molar-refractivity contribution in [2.45, 2.75) is 26.6 Å². The second-order valence-corrected chi connectivity index (χ2v) is 5.78. The van der Waals surface area contributed by atoms with Crippen molar-refractivity contribution in [3.05, 3.63) is 72.1 Å². The van der Waals surface area contributed by atoms with Gasteiger partial charge in [-0.3, -0.25) is 0 Å². The SMILES string of the molecule is CCOc1cc(CNCc2ccccc2-n2cccn2)ccc1OC(F)F. The Morgan fingerprint density at radius 1 is 1.07 bits per heavy atom. The molecule has 3 aromatic rings. The van der Waals surface area contributed by atoms with Crippen LogP contribution >= 0.6 is 0 Å². The van der Waals surface area contributed by atoms with Crippen molar-refractivity contribution >= 4 is 0 Å². The summed E-state index contributed by atoms with van der Waals surface area (Å²) >= 11 is 0. The number of hydrogen-bond acceptors (Lipinski definition) is 4. The summed E-state index contributed by atoms with van der Waals surface area (Å²) in [5, 5.41) is 7.64. The fraction of sp³-hybridized carbons (Fsp3) is 0.250. The Labute approximate surface area is 156 Å². The maximum absolute atomic E-state index is 12.5. The predicted molar refractivity (Wildman–Crippen MR) is 98.4 cm³/mol. The molecule has 1 N–H and O–H groups in total. The molecule has 0 aliphatic heterocycles. The first-order valence-corrected chi connectivity index (χ1v) is 8.66. The van der Waals surface area contributed by atoms with E-state index in [9.17, 15) is 8.78 Å². The van der Waals surface area contributed by atoms with Gasteiger partial charge in [0.05, 0.1) is 12.3 Å². The van der Waals surface area contributed by atoms with Gasteiger partial charge in [0.15, 0.2) is 11.5 Å². The molecule has 3 rings (SSSR count). The summed E-state index contributed by atoms with van der Waals surface area (Å²) in [6.45, 7) is 0.474. The van der Waals surface area contributed by atoms with E-state index >= 15 is 0 Å². The number of rotatable bonds is 9. The molecule has 0 saturated carbocycles. The van der Waals surface area contributed by atoms with Crippen LogP contribution < -0.4 is 14.8 Å². The number of ether oxygens (including phenoxy) is 2. The normalized spacial score (nSPS) is 11.0. The van der Waals surface area contributed by atoms with Crippen LogP contribution in [0.2, 0.25) is 0 Å². The lowest BCUT2D eigenvalue weighted by atomic mass is 10.1. The first kappa shape index (κ1) is 18.8. The minimum Gasteiger partial charge on any atom is -0.490 e. The highest BCUT2D eigenvalue weighted by atomic mass is 19.3. The third-order valence-electron chi connectivity index (χ3n) is 3.91. The maximum atomic E-state index is 12.5. The standard InChI is InChI=1S/C20H21F2N3O2/c1-2-26-19-12-15(8-9-18(19)27-20(21)22)13-23-14-16-6-3-4-7-17(16)25-11-5-10-24-25/h3-12,20,23H,2,13-14H2,1H3. The molecule has 0 spiro atoms. The molecule has 1 aromatic heterocycles. The van der Waals surface area contributed by atoms with E-state index < -0.39 is 6.61 Å². The van der Waals surface area contributed by atoms with Crippen molar-refractivity contribution in [2.75, 3.05) is 6.61 Å². The molecule has 142 valence electrons. The molecule has 7 heteroatoms. The summed E-state index contributed by atoms with van der Waals surface area (Å²) in [6.07, 6.45) is 3.64. The van der Waals surface area contributed by atoms with E-state index in [1.54, 1.807) is 25.3 Å². The number of nitrogens with zero attached hydrogens (tertiary/aromatic N) is 2. The highest BCUT2D eigenvalue weighted by Gasteiger charge is 2.11. The van der Waals surface area contributed by atoms with E-state index in [4.69, 9.17) is 4.74 Å². The summed E-state index contributed by atoms with van der Waals surface area (Å²) in [7, 11) is 0. The maximum Gasteiger partial charge on any atom is 0.387 e. The van der Waals surface area contributed by atoms with Crippen molar-refractivity contribution in [2.24, 2.45) is 0 Å². The van der Waals surface area contributed by atoms with Crippen LogP contribution in [0.3, 0.4) is 0 Å². The molecule has 0 atom stereocenters. The fourth-order valence-electron chi connectivity index (χ4n) is 2.76. The quantitative estimate of drug-likeness (QED) is 0.612. The van der Waals surface area contributed by atoms with Crippen LogP contribution in [0, 0.1) is 0 Å². The molecular weight excluding hydrogens is 352 g/mol. The van der Waals surface area contributed by atoms with Gasteiger partial charge in [0.1, 0.15) is 0 Å². The average Bonchev–Trinajstić information content (AvgIpc) is 3.18. The summed E-state index contributed by atoms with van der Waals surface area (Å²) in [6, 6.07) is 14.8. The molecule has 1 heterocycles. The Kier molecular flexibility index (Phi) is 6.38. The molecule has 2 aromatic carbocycles. The zero-order valence-corrected chi connectivity index (χ0v) is 14.9. The monoisotopic (exact) mass is 373 g/mol. The van der Waals surface area contributed by atoms with Crippen molar-refractivity contribution in [1.29, 1.82) is 0 Å². The topological polar surface area (TPSA) is 48.3 Å². The molecule has 0 bridgehead atoms. The zero-order valence-electron chi connectivity index (χ0n) is 14.9. The molecule has 5 nitrogen and oxygen atoms in total. The van der Waals surface area contributed by atoms with Crippen LogP contribution in [0.25, 0.3) is 5.69 Å². The zero-order chi connectivity index (χ0) is 19.1. The second-order valence-electron chi connectivity index (χ2n) is 5.78. The van der Waals surface area contributed by atoms with Gasteiger partial charge >= 0.3 is 6.61 Å². The lowest BCUT2D eigenvalue weighted by molar-refractivity contribution is -0.0514. The summed E-state index contributed by atoms with van der Waals surface area (Å²) in [4.78, 5) is 0. The number of para-hydroxylation sites is 1. The number of aromatic nitrogens is 2. The summed E-state index contributed by atoms with van der Waals surface area (Å²) < 4.78 is 36.7. The highest BCUT2D eigenvalue weighted by molar-refractivity contribution is 5.43. The molecule has 0 radical (unpaired) electrons. The first-order chi connectivity index (χ1) is 13.2. The van der Waals surface area contributed by atoms with Gasteiger partial charge in [-0.2, -0.15) is 13.9 Å². The van der Waals surface area contributed by atoms with Crippen molar-refractivity contribution in [1.82, 2.24) is 15.1 Å². The van der Waals surface area contributed by atoms with Crippen molar-refractivity contribution < 1.29 is 18.3 Å². The van der Waals surface area contributed by atoms with Gasteiger partial charge in [-0.25, -0.2) is 4.68 Å². The molecule has 0 aliphatic carbocycles. The van der Waals surface area contributed by atoms with Gasteiger partial charge in [0.25, 0.3) is 0 Å². The summed E-state index contributed by atoms with van der Waals surface area (Å²) in [5.74, 6) is 0.355. The first-order valence-electron chi connectivity index (χ1n) is 8.66.